The number of rotatable bonds is 15. The molecule has 1 N–H and O–H groups in total. The normalized spacial score (nSPS) is 16.4. The topological polar surface area (TPSA) is 66.5 Å². The third-order valence-electron chi connectivity index (χ3n) is 5.77. The maximum atomic E-state index is 12.6. The SMILES string of the molecule is C#CCCCCCC(=O)N1C(=O)C=C(C)[C@@H]1CCCCNC(=O)[C@@H](C)CCCCC#C. The molecule has 0 unspecified atom stereocenters. The van der Waals surface area contributed by atoms with Gasteiger partial charge in [0.2, 0.25) is 11.8 Å². The molecule has 31 heavy (non-hydrogen) atoms. The molecule has 0 saturated carbocycles. The average Bonchev–Trinajstić information content (AvgIpc) is 3.03. The summed E-state index contributed by atoms with van der Waals surface area (Å²) in [5.74, 6) is 4.98. The summed E-state index contributed by atoms with van der Waals surface area (Å²) in [4.78, 5) is 38.5. The Hall–Kier alpha value is -2.53. The molecule has 0 fully saturated rings. The zero-order valence-electron chi connectivity index (χ0n) is 19.3. The van der Waals surface area contributed by atoms with Gasteiger partial charge in [0.15, 0.2) is 0 Å². The predicted octanol–water partition coefficient (Wildman–Crippen LogP) is 4.37. The number of nitrogens with one attached hydrogen (secondary N) is 1. The highest BCUT2D eigenvalue weighted by molar-refractivity contribution is 6.04. The number of hydrogen-bond acceptors (Lipinski definition) is 3. The Morgan fingerprint density at radius 2 is 1.74 bits per heavy atom. The molecule has 0 saturated heterocycles. The second-order valence-corrected chi connectivity index (χ2v) is 8.41. The molecule has 2 atom stereocenters. The lowest BCUT2D eigenvalue weighted by molar-refractivity contribution is -0.142. The van der Waals surface area contributed by atoms with Crippen LogP contribution in [-0.4, -0.2) is 35.2 Å². The third-order valence-corrected chi connectivity index (χ3v) is 5.77. The van der Waals surface area contributed by atoms with Crippen molar-refractivity contribution in [1.82, 2.24) is 10.2 Å². The smallest absolute Gasteiger partial charge is 0.253 e. The van der Waals surface area contributed by atoms with Gasteiger partial charge in [0.05, 0.1) is 6.04 Å². The van der Waals surface area contributed by atoms with Crippen molar-refractivity contribution >= 4 is 17.7 Å². The van der Waals surface area contributed by atoms with Gasteiger partial charge in [0.25, 0.3) is 5.91 Å². The van der Waals surface area contributed by atoms with E-state index in [9.17, 15) is 14.4 Å². The minimum Gasteiger partial charge on any atom is -0.356 e. The van der Waals surface area contributed by atoms with Crippen LogP contribution >= 0.6 is 0 Å². The number of unbranched alkanes of at least 4 members (excludes halogenated alkanes) is 6. The fraction of sp³-hybridized carbons (Fsp3) is 0.654. The number of amides is 3. The molecule has 1 aliphatic heterocycles. The number of imide groups is 1. The van der Waals surface area contributed by atoms with Gasteiger partial charge in [0, 0.05) is 37.8 Å². The van der Waals surface area contributed by atoms with Gasteiger partial charge in [-0.1, -0.05) is 19.8 Å². The Morgan fingerprint density at radius 1 is 1.06 bits per heavy atom. The van der Waals surface area contributed by atoms with Gasteiger partial charge in [-0.05, 0) is 57.4 Å². The van der Waals surface area contributed by atoms with Gasteiger partial charge in [-0.2, -0.15) is 0 Å². The summed E-state index contributed by atoms with van der Waals surface area (Å²) in [6.07, 6.45) is 21.7. The molecule has 5 nitrogen and oxygen atoms in total. The maximum absolute atomic E-state index is 12.6. The fourth-order valence-corrected chi connectivity index (χ4v) is 3.83. The minimum absolute atomic E-state index is 0.0100. The predicted molar refractivity (Wildman–Crippen MR) is 125 cm³/mol. The molecule has 1 heterocycles. The van der Waals surface area contributed by atoms with E-state index in [1.165, 1.54) is 4.90 Å². The first-order chi connectivity index (χ1) is 14.9. The van der Waals surface area contributed by atoms with Crippen molar-refractivity contribution < 1.29 is 14.4 Å². The summed E-state index contributed by atoms with van der Waals surface area (Å²) in [5.41, 5.74) is 0.940. The molecule has 0 aromatic carbocycles. The summed E-state index contributed by atoms with van der Waals surface area (Å²) >= 11 is 0. The van der Waals surface area contributed by atoms with E-state index in [4.69, 9.17) is 12.8 Å². The lowest BCUT2D eigenvalue weighted by Gasteiger charge is -2.25. The van der Waals surface area contributed by atoms with Gasteiger partial charge in [0.1, 0.15) is 0 Å². The van der Waals surface area contributed by atoms with Crippen LogP contribution < -0.4 is 5.32 Å². The van der Waals surface area contributed by atoms with Gasteiger partial charge < -0.3 is 5.32 Å². The van der Waals surface area contributed by atoms with Crippen LogP contribution in [0.15, 0.2) is 11.6 Å². The largest absolute Gasteiger partial charge is 0.356 e. The number of carbonyl (C=O) groups excluding carboxylic acids is 3. The molecular formula is C26H38N2O3. The Bertz CT molecular complexity index is 711. The Balaban J connectivity index is 2.32. The van der Waals surface area contributed by atoms with Crippen LogP contribution in [-0.2, 0) is 14.4 Å². The molecular weight excluding hydrogens is 388 g/mol. The van der Waals surface area contributed by atoms with Crippen molar-refractivity contribution in [3.63, 3.8) is 0 Å². The van der Waals surface area contributed by atoms with Crippen molar-refractivity contribution in [1.29, 1.82) is 0 Å². The van der Waals surface area contributed by atoms with Crippen LogP contribution in [0.25, 0.3) is 0 Å². The van der Waals surface area contributed by atoms with E-state index in [-0.39, 0.29) is 29.7 Å². The van der Waals surface area contributed by atoms with E-state index in [0.29, 0.717) is 13.0 Å². The molecule has 0 aromatic rings. The monoisotopic (exact) mass is 426 g/mol. The number of terminal acetylenes is 2. The molecule has 0 spiro atoms. The van der Waals surface area contributed by atoms with E-state index >= 15 is 0 Å². The molecule has 0 aliphatic carbocycles. The molecule has 3 amide bonds. The molecule has 1 rings (SSSR count). The number of hydrogen-bond donors (Lipinski definition) is 1. The fourth-order valence-electron chi connectivity index (χ4n) is 3.83. The van der Waals surface area contributed by atoms with Gasteiger partial charge in [-0.15, -0.1) is 24.7 Å². The molecule has 0 aromatic heterocycles. The Kier molecular flexibility index (Phi) is 13.1. The van der Waals surface area contributed by atoms with E-state index < -0.39 is 0 Å². The van der Waals surface area contributed by atoms with Crippen LogP contribution in [0.2, 0.25) is 0 Å². The van der Waals surface area contributed by atoms with E-state index in [1.807, 2.05) is 13.8 Å². The lowest BCUT2D eigenvalue weighted by atomic mass is 10.0. The Labute approximate surface area is 188 Å². The summed E-state index contributed by atoms with van der Waals surface area (Å²) in [6.45, 7) is 4.46. The third kappa shape index (κ3) is 9.88. The van der Waals surface area contributed by atoms with E-state index in [2.05, 4.69) is 17.2 Å². The number of carbonyl (C=O) groups is 3. The first-order valence-electron chi connectivity index (χ1n) is 11.6. The molecule has 0 bridgehead atoms. The lowest BCUT2D eigenvalue weighted by Crippen LogP contribution is -2.40. The summed E-state index contributed by atoms with van der Waals surface area (Å²) in [7, 11) is 0. The van der Waals surface area contributed by atoms with E-state index in [0.717, 1.165) is 76.2 Å². The molecule has 170 valence electrons. The van der Waals surface area contributed by atoms with Gasteiger partial charge in [-0.3, -0.25) is 19.3 Å². The first kappa shape index (κ1) is 26.5. The summed E-state index contributed by atoms with van der Waals surface area (Å²) in [5, 5.41) is 2.99. The second-order valence-electron chi connectivity index (χ2n) is 8.41. The average molecular weight is 427 g/mol. The molecule has 1 aliphatic rings. The Morgan fingerprint density at radius 3 is 2.42 bits per heavy atom. The van der Waals surface area contributed by atoms with Crippen LogP contribution in [0.3, 0.4) is 0 Å². The minimum atomic E-state index is -0.205. The summed E-state index contributed by atoms with van der Waals surface area (Å²) in [6, 6.07) is -0.156. The van der Waals surface area contributed by atoms with Gasteiger partial charge >= 0.3 is 0 Å². The maximum Gasteiger partial charge on any atom is 0.253 e. The van der Waals surface area contributed by atoms with Crippen LogP contribution in [0, 0.1) is 30.6 Å². The highest BCUT2D eigenvalue weighted by atomic mass is 16.2. The van der Waals surface area contributed by atoms with Crippen molar-refractivity contribution in [3.05, 3.63) is 11.6 Å². The van der Waals surface area contributed by atoms with Crippen LogP contribution in [0.4, 0.5) is 0 Å². The summed E-state index contributed by atoms with van der Waals surface area (Å²) < 4.78 is 0. The molecule has 0 radical (unpaired) electrons. The van der Waals surface area contributed by atoms with Crippen LogP contribution in [0.5, 0.6) is 0 Å². The zero-order chi connectivity index (χ0) is 23.1. The molecule has 5 heteroatoms. The van der Waals surface area contributed by atoms with Crippen molar-refractivity contribution in [2.24, 2.45) is 5.92 Å². The number of nitrogens with zero attached hydrogens (tertiary/aromatic N) is 1. The quantitative estimate of drug-likeness (QED) is 0.312. The van der Waals surface area contributed by atoms with Crippen molar-refractivity contribution in [2.75, 3.05) is 6.54 Å². The highest BCUT2D eigenvalue weighted by Gasteiger charge is 2.34. The second kappa shape index (κ2) is 15.3. The van der Waals surface area contributed by atoms with Gasteiger partial charge in [-0.25, -0.2) is 0 Å². The van der Waals surface area contributed by atoms with Crippen molar-refractivity contribution in [3.8, 4) is 24.7 Å². The standard InChI is InChI=1S/C26H38N2O3/c1-5-7-9-11-13-18-24(29)28-23(22(4)20-25(28)30)17-14-15-19-27-26(31)21(3)16-12-10-8-6-2/h1-2,20-21,23H,7-19H2,3-4H3,(H,27,31)/t21-,23-/m0/s1. The zero-order valence-corrected chi connectivity index (χ0v) is 19.3. The highest BCUT2D eigenvalue weighted by Crippen LogP contribution is 2.25. The van der Waals surface area contributed by atoms with Crippen LogP contribution in [0.1, 0.15) is 90.9 Å². The van der Waals surface area contributed by atoms with E-state index in [1.54, 1.807) is 6.08 Å². The first-order valence-corrected chi connectivity index (χ1v) is 11.6. The van der Waals surface area contributed by atoms with Crippen molar-refractivity contribution in [2.45, 2.75) is 96.9 Å².